The molecule has 35 heavy (non-hydrogen) atoms. The number of carbonyl (C=O) groups excluding carboxylic acids is 3. The Morgan fingerprint density at radius 3 is 2.31 bits per heavy atom. The number of likely N-dealkylation sites (tertiary alicyclic amines) is 1. The third-order valence-corrected chi connectivity index (χ3v) is 6.05. The fraction of sp³-hybridized carbons (Fsp3) is 0.609. The number of ether oxygens (including phenoxy) is 3. The first-order valence-electron chi connectivity index (χ1n) is 11.4. The zero-order valence-electron chi connectivity index (χ0n) is 21.1. The lowest BCUT2D eigenvalue weighted by Gasteiger charge is -2.33. The van der Waals surface area contributed by atoms with Crippen LogP contribution in [0.5, 0.6) is 5.75 Å². The van der Waals surface area contributed by atoms with E-state index in [1.165, 1.54) is 23.1 Å². The molecule has 1 saturated heterocycles. The SMILES string of the molecule is CCOC(=O)CS(=O)(=O)Nc1ccc(OC2CCN(C(=O)OC(C)(C)C)CC2)c(C(=O)N(C)C)c1. The van der Waals surface area contributed by atoms with Crippen LogP contribution in [0, 0.1) is 0 Å². The fourth-order valence-corrected chi connectivity index (χ4v) is 4.29. The maximum absolute atomic E-state index is 12.8. The molecule has 12 heteroatoms. The highest BCUT2D eigenvalue weighted by atomic mass is 32.2. The number of nitrogens with zero attached hydrogens (tertiary/aromatic N) is 2. The van der Waals surface area contributed by atoms with Gasteiger partial charge in [0.1, 0.15) is 17.5 Å². The molecule has 11 nitrogen and oxygen atoms in total. The lowest BCUT2D eigenvalue weighted by molar-refractivity contribution is -0.139. The minimum atomic E-state index is -4.03. The van der Waals surface area contributed by atoms with E-state index in [2.05, 4.69) is 9.46 Å². The van der Waals surface area contributed by atoms with Gasteiger partial charge < -0.3 is 24.0 Å². The highest BCUT2D eigenvalue weighted by Gasteiger charge is 2.29. The van der Waals surface area contributed by atoms with E-state index in [1.54, 1.807) is 25.9 Å². The van der Waals surface area contributed by atoms with Crippen LogP contribution in [0.1, 0.15) is 50.9 Å². The molecule has 2 rings (SSSR count). The van der Waals surface area contributed by atoms with Gasteiger partial charge in [-0.25, -0.2) is 13.2 Å². The number of amides is 2. The minimum absolute atomic E-state index is 0.0680. The molecule has 1 aromatic carbocycles. The Labute approximate surface area is 206 Å². The van der Waals surface area contributed by atoms with E-state index in [4.69, 9.17) is 9.47 Å². The van der Waals surface area contributed by atoms with Crippen LogP contribution in [0.3, 0.4) is 0 Å². The second kappa shape index (κ2) is 11.6. The molecule has 0 aliphatic carbocycles. The monoisotopic (exact) mass is 513 g/mol. The number of benzene rings is 1. The first kappa shape index (κ1) is 28.2. The van der Waals surface area contributed by atoms with Crippen LogP contribution in [-0.2, 0) is 24.3 Å². The number of rotatable bonds is 8. The van der Waals surface area contributed by atoms with E-state index in [0.29, 0.717) is 31.7 Å². The van der Waals surface area contributed by atoms with Gasteiger partial charge in [0.15, 0.2) is 5.75 Å². The first-order valence-corrected chi connectivity index (χ1v) is 13.0. The summed E-state index contributed by atoms with van der Waals surface area (Å²) in [7, 11) is -0.881. The maximum atomic E-state index is 12.8. The van der Waals surface area contributed by atoms with Crippen molar-refractivity contribution in [3.63, 3.8) is 0 Å². The number of piperidine rings is 1. The van der Waals surface area contributed by atoms with Gasteiger partial charge in [0.2, 0.25) is 10.0 Å². The number of sulfonamides is 1. The van der Waals surface area contributed by atoms with E-state index in [9.17, 15) is 22.8 Å². The van der Waals surface area contributed by atoms with Gasteiger partial charge in [-0.1, -0.05) is 0 Å². The summed E-state index contributed by atoms with van der Waals surface area (Å²) in [6.07, 6.45) is 0.471. The van der Waals surface area contributed by atoms with E-state index in [1.807, 2.05) is 20.8 Å². The predicted octanol–water partition coefficient (Wildman–Crippen LogP) is 2.47. The summed E-state index contributed by atoms with van der Waals surface area (Å²) >= 11 is 0. The molecule has 0 unspecified atom stereocenters. The number of nitrogens with one attached hydrogen (secondary N) is 1. The molecular formula is C23H35N3O8S. The van der Waals surface area contributed by atoms with Gasteiger partial charge in [0.05, 0.1) is 12.2 Å². The largest absolute Gasteiger partial charge is 0.489 e. The molecule has 1 N–H and O–H groups in total. The van der Waals surface area contributed by atoms with E-state index in [-0.39, 0.29) is 36.0 Å². The van der Waals surface area contributed by atoms with Gasteiger partial charge in [0, 0.05) is 45.7 Å². The maximum Gasteiger partial charge on any atom is 0.410 e. The highest BCUT2D eigenvalue weighted by Crippen LogP contribution is 2.28. The zero-order valence-corrected chi connectivity index (χ0v) is 21.9. The number of carbonyl (C=O) groups is 3. The van der Waals surface area contributed by atoms with Crippen LogP contribution in [0.25, 0.3) is 0 Å². The van der Waals surface area contributed by atoms with E-state index < -0.39 is 27.3 Å². The van der Waals surface area contributed by atoms with Gasteiger partial charge in [-0.05, 0) is 45.9 Å². The summed E-state index contributed by atoms with van der Waals surface area (Å²) in [5, 5.41) is 0. The standard InChI is InChI=1S/C23H35N3O8S/c1-7-32-20(27)15-35(30,31)24-16-8-9-19(18(14-16)21(28)25(5)6)33-17-10-12-26(13-11-17)22(29)34-23(2,3)4/h8-9,14,17,24H,7,10-13,15H2,1-6H3. The number of anilines is 1. The molecule has 1 heterocycles. The summed E-state index contributed by atoms with van der Waals surface area (Å²) in [5.74, 6) is -1.79. The van der Waals surface area contributed by atoms with Crippen LogP contribution in [0.15, 0.2) is 18.2 Å². The normalized spacial score (nSPS) is 14.7. The molecule has 1 aromatic rings. The molecule has 1 aliphatic rings. The molecule has 0 aromatic heterocycles. The van der Waals surface area contributed by atoms with Crippen molar-refractivity contribution in [2.75, 3.05) is 44.3 Å². The number of hydrogen-bond acceptors (Lipinski definition) is 8. The van der Waals surface area contributed by atoms with Crippen molar-refractivity contribution < 1.29 is 37.0 Å². The second-order valence-electron chi connectivity index (χ2n) is 9.36. The van der Waals surface area contributed by atoms with Crippen LogP contribution in [-0.4, -0.2) is 87.4 Å². The summed E-state index contributed by atoms with van der Waals surface area (Å²) < 4.78 is 43.1. The Hall–Kier alpha value is -3.02. The molecule has 2 amide bonds. The first-order chi connectivity index (χ1) is 16.2. The average Bonchev–Trinajstić information content (AvgIpc) is 2.73. The van der Waals surface area contributed by atoms with Crippen LogP contribution in [0.4, 0.5) is 10.5 Å². The Bertz CT molecular complexity index is 1030. The quantitative estimate of drug-likeness (QED) is 0.525. The van der Waals surface area contributed by atoms with Crippen LogP contribution < -0.4 is 9.46 Å². The smallest absolute Gasteiger partial charge is 0.410 e. The number of hydrogen-bond donors (Lipinski definition) is 1. The molecule has 0 saturated carbocycles. The Balaban J connectivity index is 2.13. The van der Waals surface area contributed by atoms with Crippen LogP contribution >= 0.6 is 0 Å². The van der Waals surface area contributed by atoms with Crippen molar-refractivity contribution in [3.05, 3.63) is 23.8 Å². The van der Waals surface area contributed by atoms with Gasteiger partial charge in [-0.3, -0.25) is 14.3 Å². The lowest BCUT2D eigenvalue weighted by atomic mass is 10.1. The second-order valence-corrected chi connectivity index (χ2v) is 11.1. The molecular weight excluding hydrogens is 478 g/mol. The summed E-state index contributed by atoms with van der Waals surface area (Å²) in [4.78, 5) is 39.6. The lowest BCUT2D eigenvalue weighted by Crippen LogP contribution is -2.44. The van der Waals surface area contributed by atoms with Crippen molar-refractivity contribution in [2.45, 2.75) is 52.2 Å². The van der Waals surface area contributed by atoms with Crippen molar-refractivity contribution in [1.82, 2.24) is 9.80 Å². The molecule has 1 fully saturated rings. The van der Waals surface area contributed by atoms with Crippen molar-refractivity contribution in [1.29, 1.82) is 0 Å². The van der Waals surface area contributed by atoms with Crippen molar-refractivity contribution in [2.24, 2.45) is 0 Å². The summed E-state index contributed by atoms with van der Waals surface area (Å²) in [6, 6.07) is 4.34. The fourth-order valence-electron chi connectivity index (χ4n) is 3.34. The Morgan fingerprint density at radius 2 is 1.77 bits per heavy atom. The third-order valence-electron chi connectivity index (χ3n) is 4.89. The van der Waals surface area contributed by atoms with Gasteiger partial charge in [-0.15, -0.1) is 0 Å². The summed E-state index contributed by atoms with van der Waals surface area (Å²) in [5.41, 5.74) is -0.293. The number of esters is 1. The molecule has 0 atom stereocenters. The van der Waals surface area contributed by atoms with Gasteiger partial charge in [-0.2, -0.15) is 0 Å². The zero-order chi connectivity index (χ0) is 26.4. The topological polar surface area (TPSA) is 132 Å². The average molecular weight is 514 g/mol. The van der Waals surface area contributed by atoms with Crippen molar-refractivity contribution >= 4 is 33.7 Å². The van der Waals surface area contributed by atoms with Crippen molar-refractivity contribution in [3.8, 4) is 5.75 Å². The van der Waals surface area contributed by atoms with E-state index in [0.717, 1.165) is 0 Å². The highest BCUT2D eigenvalue weighted by molar-refractivity contribution is 7.93. The van der Waals surface area contributed by atoms with Gasteiger partial charge >= 0.3 is 12.1 Å². The van der Waals surface area contributed by atoms with Crippen LogP contribution in [0.2, 0.25) is 0 Å². The molecule has 196 valence electrons. The Morgan fingerprint density at radius 1 is 1.14 bits per heavy atom. The molecule has 1 aliphatic heterocycles. The third kappa shape index (κ3) is 8.93. The molecule has 0 bridgehead atoms. The molecule has 0 radical (unpaired) electrons. The summed E-state index contributed by atoms with van der Waals surface area (Å²) in [6.45, 7) is 7.97. The van der Waals surface area contributed by atoms with E-state index >= 15 is 0 Å². The molecule has 0 spiro atoms. The van der Waals surface area contributed by atoms with Gasteiger partial charge in [0.25, 0.3) is 5.91 Å². The predicted molar refractivity (Wildman–Crippen MR) is 130 cm³/mol. The Kier molecular flexibility index (Phi) is 9.36. The minimum Gasteiger partial charge on any atom is -0.489 e.